The summed E-state index contributed by atoms with van der Waals surface area (Å²) in [4.78, 5) is 12.4. The summed E-state index contributed by atoms with van der Waals surface area (Å²) in [6, 6.07) is 3.89. The van der Waals surface area contributed by atoms with Crippen molar-refractivity contribution >= 4 is 16.5 Å². The molecule has 0 aliphatic heterocycles. The van der Waals surface area contributed by atoms with E-state index in [0.29, 0.717) is 15.7 Å². The normalized spacial score (nSPS) is 10.9. The lowest BCUT2D eigenvalue weighted by Gasteiger charge is -2.14. The molecule has 0 saturated heterocycles. The Morgan fingerprint density at radius 2 is 2.06 bits per heavy atom. The lowest BCUT2D eigenvalue weighted by molar-refractivity contribution is 0.564. The van der Waals surface area contributed by atoms with Gasteiger partial charge in [0.2, 0.25) is 5.13 Å². The van der Waals surface area contributed by atoms with Crippen molar-refractivity contribution in [2.24, 2.45) is 0 Å². The Morgan fingerprint density at radius 1 is 1.33 bits per heavy atom. The second-order valence-corrected chi connectivity index (χ2v) is 5.30. The second kappa shape index (κ2) is 4.89. The van der Waals surface area contributed by atoms with Gasteiger partial charge in [0.1, 0.15) is 0 Å². The van der Waals surface area contributed by atoms with E-state index in [0.717, 1.165) is 5.69 Å². The predicted molar refractivity (Wildman–Crippen MR) is 74.3 cm³/mol. The Labute approximate surface area is 110 Å². The number of aryl methyl sites for hydroxylation is 1. The Balaban J connectivity index is 2.59. The van der Waals surface area contributed by atoms with E-state index in [4.69, 9.17) is 0 Å². The predicted octanol–water partition coefficient (Wildman–Crippen LogP) is 2.30. The van der Waals surface area contributed by atoms with Gasteiger partial charge in [-0.1, -0.05) is 11.3 Å². The summed E-state index contributed by atoms with van der Waals surface area (Å²) in [5.74, 6) is 0. The van der Waals surface area contributed by atoms with E-state index in [1.54, 1.807) is 11.6 Å². The number of anilines is 1. The van der Waals surface area contributed by atoms with Gasteiger partial charge in [-0.3, -0.25) is 4.79 Å². The molecule has 0 aliphatic carbocycles. The highest BCUT2D eigenvalue weighted by atomic mass is 32.1. The number of nitrogens with one attached hydrogen (secondary N) is 1. The molecule has 0 aromatic carbocycles. The highest BCUT2D eigenvalue weighted by molar-refractivity contribution is 7.18. The molecule has 0 atom stereocenters. The molecule has 18 heavy (non-hydrogen) atoms. The minimum absolute atomic E-state index is 0.0104. The lowest BCUT2D eigenvalue weighted by atomic mass is 10.2. The zero-order valence-corrected chi connectivity index (χ0v) is 11.7. The van der Waals surface area contributed by atoms with E-state index in [1.165, 1.54) is 11.3 Å². The Morgan fingerprint density at radius 3 is 2.61 bits per heavy atom. The molecule has 5 nitrogen and oxygen atoms in total. The van der Waals surface area contributed by atoms with Crippen LogP contribution >= 0.6 is 11.3 Å². The summed E-state index contributed by atoms with van der Waals surface area (Å²) in [6.07, 6.45) is 0. The fraction of sp³-hybridized carbons (Fsp3) is 0.417. The molecular weight excluding hydrogens is 248 g/mol. The van der Waals surface area contributed by atoms with Crippen molar-refractivity contribution < 1.29 is 0 Å². The summed E-state index contributed by atoms with van der Waals surface area (Å²) in [6.45, 7) is 5.93. The van der Waals surface area contributed by atoms with Crippen LogP contribution in [0.4, 0.5) is 5.13 Å². The Bertz CT molecular complexity index is 615. The van der Waals surface area contributed by atoms with Crippen LogP contribution in [0.15, 0.2) is 16.9 Å². The Kier molecular flexibility index (Phi) is 3.47. The molecule has 0 fully saturated rings. The van der Waals surface area contributed by atoms with E-state index in [-0.39, 0.29) is 11.6 Å². The van der Waals surface area contributed by atoms with E-state index < -0.39 is 0 Å². The molecule has 0 amide bonds. The zero-order valence-electron chi connectivity index (χ0n) is 10.9. The van der Waals surface area contributed by atoms with Gasteiger partial charge in [0, 0.05) is 18.8 Å². The van der Waals surface area contributed by atoms with Crippen LogP contribution in [-0.2, 0) is 0 Å². The maximum Gasteiger partial charge on any atom is 0.261 e. The SMILES string of the molecule is CNc1nnc(-c2ccc(C)n(C(C)C)c2=O)s1. The van der Waals surface area contributed by atoms with Crippen LogP contribution in [0, 0.1) is 6.92 Å². The third-order valence-electron chi connectivity index (χ3n) is 2.71. The van der Waals surface area contributed by atoms with Crippen LogP contribution in [0.3, 0.4) is 0 Å². The molecule has 2 rings (SSSR count). The third kappa shape index (κ3) is 2.15. The van der Waals surface area contributed by atoms with Crippen LogP contribution in [0.5, 0.6) is 0 Å². The van der Waals surface area contributed by atoms with E-state index in [2.05, 4.69) is 15.5 Å². The summed E-state index contributed by atoms with van der Waals surface area (Å²) in [7, 11) is 1.78. The number of hydrogen-bond acceptors (Lipinski definition) is 5. The van der Waals surface area contributed by atoms with Gasteiger partial charge in [-0.2, -0.15) is 0 Å². The first-order valence-corrected chi connectivity index (χ1v) is 6.60. The number of nitrogens with zero attached hydrogens (tertiary/aromatic N) is 3. The number of hydrogen-bond donors (Lipinski definition) is 1. The molecule has 2 heterocycles. The van der Waals surface area contributed by atoms with Crippen molar-refractivity contribution in [2.75, 3.05) is 12.4 Å². The standard InChI is InChI=1S/C12H16N4OS/c1-7(2)16-8(3)5-6-9(11(16)17)10-14-15-12(13-4)18-10/h5-7H,1-4H3,(H,13,15). The van der Waals surface area contributed by atoms with Gasteiger partial charge in [0.25, 0.3) is 5.56 Å². The van der Waals surface area contributed by atoms with E-state index in [1.807, 2.05) is 32.9 Å². The fourth-order valence-corrected chi connectivity index (χ4v) is 2.60. The summed E-state index contributed by atoms with van der Waals surface area (Å²) < 4.78 is 1.77. The quantitative estimate of drug-likeness (QED) is 0.924. The van der Waals surface area contributed by atoms with Crippen molar-refractivity contribution in [3.63, 3.8) is 0 Å². The number of pyridine rings is 1. The average molecular weight is 264 g/mol. The van der Waals surface area contributed by atoms with E-state index >= 15 is 0 Å². The van der Waals surface area contributed by atoms with Crippen LogP contribution in [-0.4, -0.2) is 21.8 Å². The van der Waals surface area contributed by atoms with Gasteiger partial charge < -0.3 is 9.88 Å². The summed E-state index contributed by atoms with van der Waals surface area (Å²) >= 11 is 1.38. The monoisotopic (exact) mass is 264 g/mol. The van der Waals surface area contributed by atoms with Crippen molar-refractivity contribution in [1.82, 2.24) is 14.8 Å². The second-order valence-electron chi connectivity index (χ2n) is 4.32. The van der Waals surface area contributed by atoms with Gasteiger partial charge in [0.15, 0.2) is 5.01 Å². The maximum absolute atomic E-state index is 12.4. The first kappa shape index (κ1) is 12.8. The first-order valence-electron chi connectivity index (χ1n) is 5.78. The molecule has 0 saturated carbocycles. The summed E-state index contributed by atoms with van der Waals surface area (Å²) in [5, 5.41) is 12.3. The smallest absolute Gasteiger partial charge is 0.261 e. The van der Waals surface area contributed by atoms with Gasteiger partial charge in [0.05, 0.1) is 5.56 Å². The van der Waals surface area contributed by atoms with Crippen LogP contribution in [0.1, 0.15) is 25.6 Å². The molecule has 1 N–H and O–H groups in total. The first-order chi connectivity index (χ1) is 8.54. The van der Waals surface area contributed by atoms with Gasteiger partial charge in [-0.15, -0.1) is 10.2 Å². The van der Waals surface area contributed by atoms with E-state index in [9.17, 15) is 4.79 Å². The van der Waals surface area contributed by atoms with Crippen molar-refractivity contribution in [2.45, 2.75) is 26.8 Å². The molecule has 6 heteroatoms. The van der Waals surface area contributed by atoms with Gasteiger partial charge in [-0.25, -0.2) is 0 Å². The number of aromatic nitrogens is 3. The molecule has 0 radical (unpaired) electrons. The minimum Gasteiger partial charge on any atom is -0.363 e. The molecule has 2 aromatic rings. The molecule has 0 unspecified atom stereocenters. The van der Waals surface area contributed by atoms with Gasteiger partial charge in [-0.05, 0) is 32.9 Å². The molecule has 0 bridgehead atoms. The molecule has 2 aromatic heterocycles. The molecule has 0 aliphatic rings. The third-order valence-corrected chi connectivity index (χ3v) is 3.68. The van der Waals surface area contributed by atoms with Gasteiger partial charge >= 0.3 is 0 Å². The largest absolute Gasteiger partial charge is 0.363 e. The van der Waals surface area contributed by atoms with Crippen LogP contribution < -0.4 is 10.9 Å². The summed E-state index contributed by atoms with van der Waals surface area (Å²) in [5.41, 5.74) is 1.55. The zero-order chi connectivity index (χ0) is 13.3. The van der Waals surface area contributed by atoms with Crippen molar-refractivity contribution in [3.05, 3.63) is 28.2 Å². The highest BCUT2D eigenvalue weighted by Crippen LogP contribution is 2.24. The minimum atomic E-state index is -0.0104. The Hall–Kier alpha value is -1.69. The highest BCUT2D eigenvalue weighted by Gasteiger charge is 2.14. The lowest BCUT2D eigenvalue weighted by Crippen LogP contribution is -2.25. The number of rotatable bonds is 3. The molecule has 0 spiro atoms. The molecular formula is C12H16N4OS. The fourth-order valence-electron chi connectivity index (χ4n) is 1.88. The van der Waals surface area contributed by atoms with Crippen molar-refractivity contribution in [1.29, 1.82) is 0 Å². The van der Waals surface area contributed by atoms with Crippen LogP contribution in [0.2, 0.25) is 0 Å². The average Bonchev–Trinajstić information content (AvgIpc) is 2.77. The molecule has 96 valence electrons. The topological polar surface area (TPSA) is 59.8 Å². The maximum atomic E-state index is 12.4. The van der Waals surface area contributed by atoms with Crippen LogP contribution in [0.25, 0.3) is 10.6 Å². The van der Waals surface area contributed by atoms with Crippen molar-refractivity contribution in [3.8, 4) is 10.6 Å².